The van der Waals surface area contributed by atoms with Crippen LogP contribution < -0.4 is 16.6 Å². The van der Waals surface area contributed by atoms with Crippen LogP contribution in [0.3, 0.4) is 0 Å². The van der Waals surface area contributed by atoms with Crippen molar-refractivity contribution in [2.75, 3.05) is 19.6 Å². The molecule has 1 aliphatic rings. The van der Waals surface area contributed by atoms with Crippen molar-refractivity contribution in [3.8, 4) is 0 Å². The fourth-order valence-electron chi connectivity index (χ4n) is 2.47. The first-order valence-corrected chi connectivity index (χ1v) is 6.97. The first-order valence-electron chi connectivity index (χ1n) is 6.97. The van der Waals surface area contributed by atoms with Crippen LogP contribution in [0.1, 0.15) is 28.9 Å². The molecule has 0 aromatic carbocycles. The second-order valence-corrected chi connectivity index (χ2v) is 5.37. The number of amides is 2. The van der Waals surface area contributed by atoms with Gasteiger partial charge in [0.15, 0.2) is 0 Å². The zero-order valence-corrected chi connectivity index (χ0v) is 12.0. The number of rotatable bonds is 4. The van der Waals surface area contributed by atoms with Gasteiger partial charge >= 0.3 is 0 Å². The van der Waals surface area contributed by atoms with E-state index < -0.39 is 0 Å². The van der Waals surface area contributed by atoms with Gasteiger partial charge in [0.2, 0.25) is 5.91 Å². The van der Waals surface area contributed by atoms with Gasteiger partial charge in [-0.15, -0.1) is 0 Å². The number of H-pyrrole nitrogens is 1. The van der Waals surface area contributed by atoms with Gasteiger partial charge in [0.1, 0.15) is 5.56 Å². The zero-order chi connectivity index (χ0) is 15.4. The van der Waals surface area contributed by atoms with Crippen LogP contribution in [-0.4, -0.2) is 47.4 Å². The topological polar surface area (TPSA) is 108 Å². The van der Waals surface area contributed by atoms with Gasteiger partial charge in [0.25, 0.3) is 11.5 Å². The Hall–Kier alpha value is -2.15. The molecule has 0 aliphatic carbocycles. The van der Waals surface area contributed by atoms with Crippen LogP contribution in [-0.2, 0) is 4.79 Å². The number of pyridine rings is 1. The van der Waals surface area contributed by atoms with E-state index in [2.05, 4.69) is 10.3 Å². The summed E-state index contributed by atoms with van der Waals surface area (Å²) in [6.45, 7) is 3.42. The number of nitrogens with two attached hydrogens (primary N) is 1. The van der Waals surface area contributed by atoms with Crippen molar-refractivity contribution in [1.29, 1.82) is 0 Å². The van der Waals surface area contributed by atoms with E-state index in [-0.39, 0.29) is 35.5 Å². The molecule has 2 rings (SSSR count). The Labute approximate surface area is 122 Å². The molecule has 2 heterocycles. The summed E-state index contributed by atoms with van der Waals surface area (Å²) in [7, 11) is 0. The molecule has 1 fully saturated rings. The average Bonchev–Trinajstić information content (AvgIpc) is 2.40. The normalized spacial score (nSPS) is 16.6. The maximum atomic E-state index is 12.1. The summed E-state index contributed by atoms with van der Waals surface area (Å²) in [5.74, 6) is -0.701. The van der Waals surface area contributed by atoms with Gasteiger partial charge in [-0.05, 0) is 31.9 Å². The number of hydrogen-bond acceptors (Lipinski definition) is 4. The lowest BCUT2D eigenvalue weighted by Gasteiger charge is -2.31. The van der Waals surface area contributed by atoms with Crippen LogP contribution in [0, 0.1) is 6.92 Å². The van der Waals surface area contributed by atoms with Gasteiger partial charge in [-0.3, -0.25) is 19.3 Å². The van der Waals surface area contributed by atoms with Crippen LogP contribution >= 0.6 is 0 Å². The molecule has 2 amide bonds. The van der Waals surface area contributed by atoms with Crippen molar-refractivity contribution in [2.24, 2.45) is 5.73 Å². The quantitative estimate of drug-likeness (QED) is 0.686. The molecule has 0 unspecified atom stereocenters. The molecule has 1 aliphatic heterocycles. The molecule has 0 atom stereocenters. The minimum Gasteiger partial charge on any atom is -0.369 e. The number of aryl methyl sites for hydroxylation is 1. The molecule has 7 nitrogen and oxygen atoms in total. The van der Waals surface area contributed by atoms with E-state index in [9.17, 15) is 14.4 Å². The lowest BCUT2D eigenvalue weighted by atomic mass is 10.0. The molecule has 1 aromatic heterocycles. The fraction of sp³-hybridized carbons (Fsp3) is 0.500. The van der Waals surface area contributed by atoms with E-state index >= 15 is 0 Å². The van der Waals surface area contributed by atoms with E-state index in [1.54, 1.807) is 13.0 Å². The highest BCUT2D eigenvalue weighted by molar-refractivity contribution is 5.94. The van der Waals surface area contributed by atoms with Gasteiger partial charge in [0, 0.05) is 24.8 Å². The average molecular weight is 292 g/mol. The third kappa shape index (κ3) is 4.16. The summed E-state index contributed by atoms with van der Waals surface area (Å²) >= 11 is 0. The molecule has 4 N–H and O–H groups in total. The Balaban J connectivity index is 1.90. The lowest BCUT2D eigenvalue weighted by Crippen LogP contribution is -2.47. The third-order valence-electron chi connectivity index (χ3n) is 3.60. The zero-order valence-electron chi connectivity index (χ0n) is 12.0. The molecule has 0 radical (unpaired) electrons. The monoisotopic (exact) mass is 292 g/mol. The van der Waals surface area contributed by atoms with Crippen molar-refractivity contribution in [2.45, 2.75) is 25.8 Å². The van der Waals surface area contributed by atoms with E-state index in [0.29, 0.717) is 13.1 Å². The highest BCUT2D eigenvalue weighted by Gasteiger charge is 2.22. The first-order chi connectivity index (χ1) is 9.95. The second-order valence-electron chi connectivity index (χ2n) is 5.37. The van der Waals surface area contributed by atoms with Gasteiger partial charge in [-0.2, -0.15) is 0 Å². The number of hydrogen-bond donors (Lipinski definition) is 3. The summed E-state index contributed by atoms with van der Waals surface area (Å²) in [5, 5.41) is 2.87. The molecule has 0 saturated carbocycles. The molecule has 1 saturated heterocycles. The maximum Gasteiger partial charge on any atom is 0.260 e. The van der Waals surface area contributed by atoms with Crippen LogP contribution in [0.2, 0.25) is 0 Å². The molecular formula is C14H20N4O3. The van der Waals surface area contributed by atoms with Crippen LogP contribution in [0.5, 0.6) is 0 Å². The van der Waals surface area contributed by atoms with Gasteiger partial charge < -0.3 is 16.0 Å². The van der Waals surface area contributed by atoms with E-state index in [0.717, 1.165) is 18.5 Å². The highest BCUT2D eigenvalue weighted by Crippen LogP contribution is 2.10. The predicted octanol–water partition coefficient (Wildman–Crippen LogP) is -0.637. The lowest BCUT2D eigenvalue weighted by molar-refractivity contribution is -0.119. The number of aromatic nitrogens is 1. The molecule has 0 bridgehead atoms. The second kappa shape index (κ2) is 6.53. The summed E-state index contributed by atoms with van der Waals surface area (Å²) in [4.78, 5) is 39.2. The number of carbonyl (C=O) groups is 2. The number of piperidine rings is 1. The van der Waals surface area contributed by atoms with Gasteiger partial charge in [-0.25, -0.2) is 0 Å². The fourth-order valence-corrected chi connectivity index (χ4v) is 2.47. The minimum absolute atomic E-state index is 0.0160. The standard InChI is InChI=1S/C14H20N4O3/c1-9-2-3-11(13(20)16-9)14(21)17-10-4-6-18(7-5-10)8-12(15)19/h2-3,10H,4-8H2,1H3,(H2,15,19)(H,16,20)(H,17,21). The van der Waals surface area contributed by atoms with Gasteiger partial charge in [0.05, 0.1) is 6.54 Å². The number of nitrogens with one attached hydrogen (secondary N) is 2. The minimum atomic E-state index is -0.376. The number of aromatic amines is 1. The summed E-state index contributed by atoms with van der Waals surface area (Å²) in [6.07, 6.45) is 1.48. The Morgan fingerprint density at radius 2 is 2.05 bits per heavy atom. The molecule has 1 aromatic rings. The Morgan fingerprint density at radius 1 is 1.38 bits per heavy atom. The van der Waals surface area contributed by atoms with E-state index in [1.807, 2.05) is 4.90 Å². The molecule has 114 valence electrons. The largest absolute Gasteiger partial charge is 0.369 e. The Bertz CT molecular complexity index is 588. The Morgan fingerprint density at radius 3 is 2.62 bits per heavy atom. The summed E-state index contributed by atoms with van der Waals surface area (Å²) < 4.78 is 0. The van der Waals surface area contributed by atoms with Crippen molar-refractivity contribution in [3.63, 3.8) is 0 Å². The SMILES string of the molecule is Cc1ccc(C(=O)NC2CCN(CC(N)=O)CC2)c(=O)[nH]1. The van der Waals surface area contributed by atoms with Crippen LogP contribution in [0.4, 0.5) is 0 Å². The van der Waals surface area contributed by atoms with Gasteiger partial charge in [-0.1, -0.05) is 0 Å². The predicted molar refractivity (Wildman–Crippen MR) is 77.9 cm³/mol. The number of likely N-dealkylation sites (tertiary alicyclic amines) is 1. The number of carbonyl (C=O) groups excluding carboxylic acids is 2. The summed E-state index contributed by atoms with van der Waals surface area (Å²) in [5.41, 5.74) is 5.62. The smallest absolute Gasteiger partial charge is 0.260 e. The number of nitrogens with zero attached hydrogens (tertiary/aromatic N) is 1. The molecule has 21 heavy (non-hydrogen) atoms. The van der Waals surface area contributed by atoms with Crippen molar-refractivity contribution < 1.29 is 9.59 Å². The van der Waals surface area contributed by atoms with E-state index in [1.165, 1.54) is 6.07 Å². The molecule has 0 spiro atoms. The van der Waals surface area contributed by atoms with Crippen LogP contribution in [0.25, 0.3) is 0 Å². The van der Waals surface area contributed by atoms with Crippen molar-refractivity contribution >= 4 is 11.8 Å². The molecular weight excluding hydrogens is 272 g/mol. The highest BCUT2D eigenvalue weighted by atomic mass is 16.2. The van der Waals surface area contributed by atoms with E-state index in [4.69, 9.17) is 5.73 Å². The van der Waals surface area contributed by atoms with Crippen LogP contribution in [0.15, 0.2) is 16.9 Å². The Kier molecular flexibility index (Phi) is 4.74. The van der Waals surface area contributed by atoms with Crippen molar-refractivity contribution in [3.05, 3.63) is 33.7 Å². The first kappa shape index (κ1) is 15.2. The maximum absolute atomic E-state index is 12.1. The number of primary amides is 1. The van der Waals surface area contributed by atoms with Crippen molar-refractivity contribution in [1.82, 2.24) is 15.2 Å². The molecule has 7 heteroatoms. The summed E-state index contributed by atoms with van der Waals surface area (Å²) in [6, 6.07) is 3.25. The third-order valence-corrected chi connectivity index (χ3v) is 3.60.